The van der Waals surface area contributed by atoms with Crippen LogP contribution in [0.25, 0.3) is 0 Å². The van der Waals surface area contributed by atoms with E-state index in [1.165, 1.54) is 25.9 Å². The molecule has 0 saturated carbocycles. The minimum absolute atomic E-state index is 0.0249. The molecule has 2 rings (SSSR count). The number of carbonyl (C=O) groups excluding carboxylic acids is 2. The third kappa shape index (κ3) is 6.77. The maximum absolute atomic E-state index is 11.8. The first-order valence-corrected chi connectivity index (χ1v) is 9.17. The van der Waals surface area contributed by atoms with E-state index in [1.54, 1.807) is 0 Å². The number of carbonyl (C=O) groups is 2. The summed E-state index contributed by atoms with van der Waals surface area (Å²) in [5, 5.41) is 5.49. The van der Waals surface area contributed by atoms with Crippen molar-refractivity contribution in [3.8, 4) is 0 Å². The Kier molecular flexibility index (Phi) is 7.65. The Balaban J connectivity index is 1.45. The zero-order chi connectivity index (χ0) is 16.5. The lowest BCUT2D eigenvalue weighted by molar-refractivity contribution is -0.128. The molecule has 0 aliphatic carbocycles. The predicted molar refractivity (Wildman–Crippen MR) is 91.3 cm³/mol. The van der Waals surface area contributed by atoms with Gasteiger partial charge in [-0.25, -0.2) is 4.79 Å². The van der Waals surface area contributed by atoms with Crippen molar-refractivity contribution < 1.29 is 9.59 Å². The molecule has 2 aliphatic heterocycles. The second-order valence-corrected chi connectivity index (χ2v) is 6.95. The van der Waals surface area contributed by atoms with Gasteiger partial charge in [0.1, 0.15) is 0 Å². The Morgan fingerprint density at radius 3 is 2.57 bits per heavy atom. The molecule has 0 aromatic heterocycles. The second kappa shape index (κ2) is 9.75. The Hall–Kier alpha value is -1.30. The van der Waals surface area contributed by atoms with E-state index in [4.69, 9.17) is 0 Å². The maximum atomic E-state index is 11.8. The second-order valence-electron chi connectivity index (χ2n) is 6.95. The van der Waals surface area contributed by atoms with Crippen LogP contribution in [0, 0.1) is 5.92 Å². The first-order valence-electron chi connectivity index (χ1n) is 9.17. The predicted octanol–water partition coefficient (Wildman–Crippen LogP) is 1.42. The highest BCUT2D eigenvalue weighted by molar-refractivity contribution is 5.84. The van der Waals surface area contributed by atoms with E-state index in [9.17, 15) is 9.59 Å². The van der Waals surface area contributed by atoms with Crippen molar-refractivity contribution in [3.05, 3.63) is 0 Å². The number of amides is 3. The fourth-order valence-corrected chi connectivity index (χ4v) is 3.45. The van der Waals surface area contributed by atoms with E-state index in [0.717, 1.165) is 51.2 Å². The van der Waals surface area contributed by atoms with Gasteiger partial charge in [-0.05, 0) is 57.5 Å². The summed E-state index contributed by atoms with van der Waals surface area (Å²) in [6.45, 7) is 8.32. The molecule has 1 unspecified atom stereocenters. The number of hydrogen-bond donors (Lipinski definition) is 2. The number of nitrogens with one attached hydrogen (secondary N) is 2. The zero-order valence-electron chi connectivity index (χ0n) is 14.5. The fraction of sp³-hybridized carbons (Fsp3) is 0.882. The van der Waals surface area contributed by atoms with Crippen LogP contribution >= 0.6 is 0 Å². The van der Waals surface area contributed by atoms with Gasteiger partial charge < -0.3 is 20.4 Å². The van der Waals surface area contributed by atoms with E-state index >= 15 is 0 Å². The lowest BCUT2D eigenvalue weighted by Crippen LogP contribution is -2.43. The Morgan fingerprint density at radius 1 is 1.04 bits per heavy atom. The van der Waals surface area contributed by atoms with Gasteiger partial charge in [0.15, 0.2) is 0 Å². The summed E-state index contributed by atoms with van der Waals surface area (Å²) >= 11 is 0. The number of rotatable bonds is 7. The minimum Gasteiger partial charge on any atom is -0.341 e. The van der Waals surface area contributed by atoms with Gasteiger partial charge in [0, 0.05) is 26.2 Å². The van der Waals surface area contributed by atoms with Gasteiger partial charge in [0.2, 0.25) is 5.91 Å². The Morgan fingerprint density at radius 2 is 1.83 bits per heavy atom. The van der Waals surface area contributed by atoms with Gasteiger partial charge in [-0.15, -0.1) is 0 Å². The smallest absolute Gasteiger partial charge is 0.315 e. The van der Waals surface area contributed by atoms with Crippen LogP contribution in [-0.2, 0) is 4.79 Å². The molecule has 0 spiro atoms. The molecule has 3 amide bonds. The molecule has 1 atom stereocenters. The molecule has 2 N–H and O–H groups in total. The summed E-state index contributed by atoms with van der Waals surface area (Å²) in [6.07, 6.45) is 6.92. The Bertz CT molecular complexity index is 383. The highest BCUT2D eigenvalue weighted by atomic mass is 16.2. The van der Waals surface area contributed by atoms with Crippen LogP contribution < -0.4 is 10.6 Å². The van der Waals surface area contributed by atoms with Crippen LogP contribution in [0.3, 0.4) is 0 Å². The number of urea groups is 1. The molecule has 2 fully saturated rings. The zero-order valence-corrected chi connectivity index (χ0v) is 14.5. The quantitative estimate of drug-likeness (QED) is 0.696. The summed E-state index contributed by atoms with van der Waals surface area (Å²) < 4.78 is 0. The molecular weight excluding hydrogens is 292 g/mol. The molecule has 2 aliphatic rings. The molecule has 0 radical (unpaired) electrons. The van der Waals surface area contributed by atoms with E-state index in [1.807, 2.05) is 4.90 Å². The molecular formula is C17H32N4O2. The summed E-state index contributed by atoms with van der Waals surface area (Å²) in [5.41, 5.74) is 0. The molecule has 0 bridgehead atoms. The third-order valence-electron chi connectivity index (χ3n) is 4.79. The molecule has 6 nitrogen and oxygen atoms in total. The fourth-order valence-electron chi connectivity index (χ4n) is 3.45. The van der Waals surface area contributed by atoms with Gasteiger partial charge in [-0.1, -0.05) is 6.92 Å². The third-order valence-corrected chi connectivity index (χ3v) is 4.79. The maximum Gasteiger partial charge on any atom is 0.315 e. The average Bonchev–Trinajstić information content (AvgIpc) is 3.07. The van der Waals surface area contributed by atoms with Crippen LogP contribution in [0.4, 0.5) is 4.79 Å². The SMILES string of the molecule is CC1CCCN(CCCCNC(=O)NCC(=O)N2CCCC2)C1. The van der Waals surface area contributed by atoms with E-state index < -0.39 is 0 Å². The normalized spacial score (nSPS) is 22.1. The average molecular weight is 324 g/mol. The van der Waals surface area contributed by atoms with Gasteiger partial charge in [-0.3, -0.25) is 4.79 Å². The van der Waals surface area contributed by atoms with Gasteiger partial charge in [0.25, 0.3) is 0 Å². The van der Waals surface area contributed by atoms with Crippen molar-refractivity contribution in [1.82, 2.24) is 20.4 Å². The molecule has 23 heavy (non-hydrogen) atoms. The number of unbranched alkanes of at least 4 members (excludes halogenated alkanes) is 1. The number of piperidine rings is 1. The highest BCUT2D eigenvalue weighted by Gasteiger charge is 2.18. The molecule has 0 aromatic rings. The van der Waals surface area contributed by atoms with Crippen LogP contribution in [-0.4, -0.2) is 67.6 Å². The molecule has 0 aromatic carbocycles. The van der Waals surface area contributed by atoms with E-state index in [-0.39, 0.29) is 18.5 Å². The monoisotopic (exact) mass is 324 g/mol. The topological polar surface area (TPSA) is 64.7 Å². The molecule has 2 heterocycles. The van der Waals surface area contributed by atoms with Crippen molar-refractivity contribution in [1.29, 1.82) is 0 Å². The van der Waals surface area contributed by atoms with Crippen molar-refractivity contribution in [2.75, 3.05) is 45.8 Å². The molecule has 6 heteroatoms. The van der Waals surface area contributed by atoms with Gasteiger partial charge in [-0.2, -0.15) is 0 Å². The number of likely N-dealkylation sites (tertiary alicyclic amines) is 2. The molecule has 2 saturated heterocycles. The largest absolute Gasteiger partial charge is 0.341 e. The van der Waals surface area contributed by atoms with Crippen molar-refractivity contribution >= 4 is 11.9 Å². The van der Waals surface area contributed by atoms with Gasteiger partial charge in [0.05, 0.1) is 6.54 Å². The highest BCUT2D eigenvalue weighted by Crippen LogP contribution is 2.15. The number of nitrogens with zero attached hydrogens (tertiary/aromatic N) is 2. The van der Waals surface area contributed by atoms with Crippen LogP contribution in [0.1, 0.15) is 45.4 Å². The van der Waals surface area contributed by atoms with Crippen LogP contribution in [0.2, 0.25) is 0 Å². The lowest BCUT2D eigenvalue weighted by atomic mass is 10.0. The van der Waals surface area contributed by atoms with E-state index in [0.29, 0.717) is 6.54 Å². The minimum atomic E-state index is -0.232. The summed E-state index contributed by atoms with van der Waals surface area (Å²) in [7, 11) is 0. The van der Waals surface area contributed by atoms with Crippen molar-refractivity contribution in [2.45, 2.75) is 45.4 Å². The van der Waals surface area contributed by atoms with Crippen LogP contribution in [0.5, 0.6) is 0 Å². The standard InChI is InChI=1S/C17H32N4O2/c1-15-7-6-10-20(14-15)9-3-2-8-18-17(23)19-13-16(22)21-11-4-5-12-21/h15H,2-14H2,1H3,(H2,18,19,23). The Labute approximate surface area is 140 Å². The summed E-state index contributed by atoms with van der Waals surface area (Å²) in [5.74, 6) is 0.845. The van der Waals surface area contributed by atoms with Crippen molar-refractivity contribution in [2.24, 2.45) is 5.92 Å². The summed E-state index contributed by atoms with van der Waals surface area (Å²) in [4.78, 5) is 27.8. The summed E-state index contributed by atoms with van der Waals surface area (Å²) in [6, 6.07) is -0.232. The lowest BCUT2D eigenvalue weighted by Gasteiger charge is -2.30. The first-order chi connectivity index (χ1) is 11.1. The van der Waals surface area contributed by atoms with Crippen molar-refractivity contribution in [3.63, 3.8) is 0 Å². The van der Waals surface area contributed by atoms with E-state index in [2.05, 4.69) is 22.5 Å². The number of hydrogen-bond acceptors (Lipinski definition) is 3. The molecule has 132 valence electrons. The van der Waals surface area contributed by atoms with Crippen LogP contribution in [0.15, 0.2) is 0 Å². The van der Waals surface area contributed by atoms with Gasteiger partial charge >= 0.3 is 6.03 Å². The first kappa shape index (κ1) is 18.0.